The summed E-state index contributed by atoms with van der Waals surface area (Å²) < 4.78 is 6.06. The van der Waals surface area contributed by atoms with Crippen molar-refractivity contribution < 1.29 is 19.7 Å². The minimum Gasteiger partial charge on any atom is -0.457 e. The Bertz CT molecular complexity index is 592. The largest absolute Gasteiger partial charge is 0.457 e. The first-order chi connectivity index (χ1) is 13.1. The second-order valence-electron chi connectivity index (χ2n) is 8.22. The summed E-state index contributed by atoms with van der Waals surface area (Å²) in [5.41, 5.74) is 0.179. The molecule has 2 N–H and O–H groups in total. The lowest BCUT2D eigenvalue weighted by Crippen LogP contribution is -2.45. The van der Waals surface area contributed by atoms with Crippen LogP contribution in [0.15, 0.2) is 30.3 Å². The monoisotopic (exact) mass is 375 g/mol. The van der Waals surface area contributed by atoms with Gasteiger partial charge in [-0.2, -0.15) is 0 Å². The van der Waals surface area contributed by atoms with Crippen LogP contribution in [-0.4, -0.2) is 52.9 Å². The van der Waals surface area contributed by atoms with Crippen LogP contribution in [0.4, 0.5) is 0 Å². The van der Waals surface area contributed by atoms with Gasteiger partial charge in [-0.1, -0.05) is 30.3 Å². The first kappa shape index (κ1) is 20.3. The molecule has 2 saturated carbocycles. The molecule has 5 heteroatoms. The molecule has 1 aromatic rings. The third kappa shape index (κ3) is 4.71. The van der Waals surface area contributed by atoms with Gasteiger partial charge in [0.15, 0.2) is 6.10 Å². The maximum Gasteiger partial charge on any atom is 0.340 e. The summed E-state index contributed by atoms with van der Waals surface area (Å²) in [6.07, 6.45) is 6.98. The Morgan fingerprint density at radius 1 is 1.19 bits per heavy atom. The molecule has 3 rings (SSSR count). The van der Waals surface area contributed by atoms with Crippen LogP contribution < -0.4 is 0 Å². The molecule has 2 fully saturated rings. The van der Waals surface area contributed by atoms with Crippen LogP contribution in [0.2, 0.25) is 0 Å². The predicted octanol–water partition coefficient (Wildman–Crippen LogP) is 3.06. The lowest BCUT2D eigenvalue weighted by molar-refractivity contribution is -0.178. The second kappa shape index (κ2) is 9.18. The quantitative estimate of drug-likeness (QED) is 0.717. The standard InChI is InChI=1S/C22H33NO4/c1-23(15-16-24)19-11-9-18(10-12-19)22(13-5-6-14-22)27-21(26)20(25)17-7-3-2-4-8-17/h2-4,7-8,18-20,24-25H,5-6,9-16H2,1H3/t18?,19?,20-/m1/s1. The molecule has 0 saturated heterocycles. The lowest BCUT2D eigenvalue weighted by Gasteiger charge is -2.43. The summed E-state index contributed by atoms with van der Waals surface area (Å²) in [4.78, 5) is 14.9. The number of ether oxygens (including phenoxy) is 1. The molecular formula is C22H33NO4. The van der Waals surface area contributed by atoms with E-state index in [1.54, 1.807) is 12.1 Å². The predicted molar refractivity (Wildman–Crippen MR) is 104 cm³/mol. The van der Waals surface area contributed by atoms with E-state index in [9.17, 15) is 9.90 Å². The molecule has 0 aromatic heterocycles. The molecule has 1 aromatic carbocycles. The molecule has 27 heavy (non-hydrogen) atoms. The molecule has 0 bridgehead atoms. The zero-order valence-electron chi connectivity index (χ0n) is 16.3. The zero-order chi connectivity index (χ0) is 19.3. The number of likely N-dealkylation sites (N-methyl/N-ethyl adjacent to an activating group) is 1. The van der Waals surface area contributed by atoms with Crippen LogP contribution in [0.5, 0.6) is 0 Å². The Labute approximate surface area is 162 Å². The van der Waals surface area contributed by atoms with Crippen molar-refractivity contribution in [1.29, 1.82) is 0 Å². The number of hydrogen-bond donors (Lipinski definition) is 2. The topological polar surface area (TPSA) is 70.0 Å². The molecule has 2 aliphatic carbocycles. The van der Waals surface area contributed by atoms with Gasteiger partial charge in [-0.15, -0.1) is 0 Å². The van der Waals surface area contributed by atoms with Crippen molar-refractivity contribution in [3.05, 3.63) is 35.9 Å². The van der Waals surface area contributed by atoms with E-state index in [1.165, 1.54) is 0 Å². The van der Waals surface area contributed by atoms with E-state index in [0.717, 1.165) is 51.4 Å². The fourth-order valence-corrected chi connectivity index (χ4v) is 4.98. The third-order valence-electron chi connectivity index (χ3n) is 6.61. The summed E-state index contributed by atoms with van der Waals surface area (Å²) in [5, 5.41) is 19.6. The van der Waals surface area contributed by atoms with Crippen molar-refractivity contribution >= 4 is 5.97 Å². The smallest absolute Gasteiger partial charge is 0.340 e. The van der Waals surface area contributed by atoms with Crippen molar-refractivity contribution in [3.8, 4) is 0 Å². The van der Waals surface area contributed by atoms with Crippen molar-refractivity contribution in [2.45, 2.75) is 69.1 Å². The van der Waals surface area contributed by atoms with Crippen LogP contribution in [0.3, 0.4) is 0 Å². The van der Waals surface area contributed by atoms with E-state index in [2.05, 4.69) is 11.9 Å². The molecule has 0 unspecified atom stereocenters. The average molecular weight is 376 g/mol. The highest BCUT2D eigenvalue weighted by molar-refractivity contribution is 5.76. The van der Waals surface area contributed by atoms with Gasteiger partial charge in [0, 0.05) is 12.6 Å². The number of carbonyl (C=O) groups excluding carboxylic acids is 1. The highest BCUT2D eigenvalue weighted by Gasteiger charge is 2.46. The summed E-state index contributed by atoms with van der Waals surface area (Å²) in [5.74, 6) is -0.145. The Kier molecular flexibility index (Phi) is 6.90. The third-order valence-corrected chi connectivity index (χ3v) is 6.61. The molecule has 5 nitrogen and oxygen atoms in total. The van der Waals surface area contributed by atoms with Crippen molar-refractivity contribution in [2.24, 2.45) is 5.92 Å². The van der Waals surface area contributed by atoms with Gasteiger partial charge in [-0.05, 0) is 69.9 Å². The van der Waals surface area contributed by atoms with Crippen LogP contribution in [0.1, 0.15) is 63.0 Å². The SMILES string of the molecule is CN(CCO)C1CCC(C2(OC(=O)[C@H](O)c3ccccc3)CCCC2)CC1. The highest BCUT2D eigenvalue weighted by Crippen LogP contribution is 2.46. The number of carbonyl (C=O) groups is 1. The number of esters is 1. The van der Waals surface area contributed by atoms with Gasteiger partial charge in [-0.3, -0.25) is 0 Å². The maximum absolute atomic E-state index is 12.7. The van der Waals surface area contributed by atoms with Crippen LogP contribution in [0, 0.1) is 5.92 Å². The average Bonchev–Trinajstić information content (AvgIpc) is 3.18. The molecule has 0 amide bonds. The normalized spacial score (nSPS) is 26.1. The number of aliphatic hydroxyl groups excluding tert-OH is 2. The Morgan fingerprint density at radius 2 is 1.81 bits per heavy atom. The zero-order valence-corrected chi connectivity index (χ0v) is 16.3. The van der Waals surface area contributed by atoms with Crippen LogP contribution >= 0.6 is 0 Å². The molecule has 2 aliphatic rings. The Morgan fingerprint density at radius 3 is 2.41 bits per heavy atom. The Balaban J connectivity index is 1.63. The molecule has 150 valence electrons. The van der Waals surface area contributed by atoms with E-state index in [-0.39, 0.29) is 6.61 Å². The number of aliphatic hydroxyl groups is 2. The molecular weight excluding hydrogens is 342 g/mol. The first-order valence-electron chi connectivity index (χ1n) is 10.3. The summed E-state index contributed by atoms with van der Waals surface area (Å²) in [6, 6.07) is 9.53. The first-order valence-corrected chi connectivity index (χ1v) is 10.3. The van der Waals surface area contributed by atoms with Gasteiger partial charge < -0.3 is 19.8 Å². The van der Waals surface area contributed by atoms with E-state index >= 15 is 0 Å². The molecule has 0 radical (unpaired) electrons. The van der Waals surface area contributed by atoms with Gasteiger partial charge in [0.2, 0.25) is 0 Å². The maximum atomic E-state index is 12.7. The van der Waals surface area contributed by atoms with E-state index < -0.39 is 17.7 Å². The summed E-state index contributed by atoms with van der Waals surface area (Å²) >= 11 is 0. The van der Waals surface area contributed by atoms with Crippen LogP contribution in [0.25, 0.3) is 0 Å². The molecule has 0 heterocycles. The van der Waals surface area contributed by atoms with Crippen molar-refractivity contribution in [1.82, 2.24) is 4.90 Å². The van der Waals surface area contributed by atoms with Crippen LogP contribution in [-0.2, 0) is 9.53 Å². The van der Waals surface area contributed by atoms with Crippen molar-refractivity contribution in [3.63, 3.8) is 0 Å². The number of nitrogens with zero attached hydrogens (tertiary/aromatic N) is 1. The van der Waals surface area contributed by atoms with Crippen molar-refractivity contribution in [2.75, 3.05) is 20.2 Å². The molecule has 0 aliphatic heterocycles. The van der Waals surface area contributed by atoms with Gasteiger partial charge in [0.1, 0.15) is 5.60 Å². The number of hydrogen-bond acceptors (Lipinski definition) is 5. The fourth-order valence-electron chi connectivity index (χ4n) is 4.98. The van der Waals surface area contributed by atoms with Gasteiger partial charge in [0.05, 0.1) is 6.61 Å². The van der Waals surface area contributed by atoms with E-state index in [1.807, 2.05) is 18.2 Å². The minimum absolute atomic E-state index is 0.190. The molecule has 1 atom stereocenters. The fraction of sp³-hybridized carbons (Fsp3) is 0.682. The van der Waals surface area contributed by atoms with Gasteiger partial charge >= 0.3 is 5.97 Å². The van der Waals surface area contributed by atoms with E-state index in [0.29, 0.717) is 24.1 Å². The highest BCUT2D eigenvalue weighted by atomic mass is 16.6. The number of benzene rings is 1. The summed E-state index contributed by atoms with van der Waals surface area (Å²) in [7, 11) is 2.07. The second-order valence-corrected chi connectivity index (χ2v) is 8.22. The Hall–Kier alpha value is -1.43. The lowest BCUT2D eigenvalue weighted by atomic mass is 9.74. The van der Waals surface area contributed by atoms with Gasteiger partial charge in [0.25, 0.3) is 0 Å². The summed E-state index contributed by atoms with van der Waals surface area (Å²) in [6.45, 7) is 0.897. The minimum atomic E-state index is -1.21. The van der Waals surface area contributed by atoms with E-state index in [4.69, 9.17) is 9.84 Å². The number of rotatable bonds is 7. The molecule has 0 spiro atoms. The van der Waals surface area contributed by atoms with Gasteiger partial charge in [-0.25, -0.2) is 4.79 Å².